The van der Waals surface area contributed by atoms with Crippen LogP contribution < -0.4 is 9.80 Å². The zero-order valence-corrected chi connectivity index (χ0v) is 11.6. The minimum absolute atomic E-state index is 0.370. The van der Waals surface area contributed by atoms with Gasteiger partial charge in [-0.3, -0.25) is 4.98 Å². The molecule has 2 aromatic rings. The van der Waals surface area contributed by atoms with Gasteiger partial charge in [-0.05, 0) is 24.3 Å². The third-order valence-corrected chi connectivity index (χ3v) is 3.78. The first kappa shape index (κ1) is 13.4. The van der Waals surface area contributed by atoms with E-state index >= 15 is 0 Å². The average Bonchev–Trinajstić information content (AvgIpc) is 2.56. The number of carboxylic acid groups (broad SMARTS) is 1. The topological polar surface area (TPSA) is 56.7 Å². The molecule has 3 rings (SSSR count). The molecular formula is C16H17N3O2. The first-order valence-corrected chi connectivity index (χ1v) is 6.98. The van der Waals surface area contributed by atoms with E-state index in [0.29, 0.717) is 5.56 Å². The van der Waals surface area contributed by atoms with Crippen LogP contribution in [0.4, 0.5) is 11.4 Å². The summed E-state index contributed by atoms with van der Waals surface area (Å²) in [4.78, 5) is 19.8. The van der Waals surface area contributed by atoms with Crippen LogP contribution in [0, 0.1) is 0 Å². The van der Waals surface area contributed by atoms with E-state index in [0.717, 1.165) is 37.6 Å². The van der Waals surface area contributed by atoms with Crippen LogP contribution >= 0.6 is 0 Å². The number of carbonyl (C=O) groups is 1. The summed E-state index contributed by atoms with van der Waals surface area (Å²) in [6.07, 6.45) is 3.59. The minimum atomic E-state index is -0.873. The van der Waals surface area contributed by atoms with E-state index < -0.39 is 5.97 Å². The van der Waals surface area contributed by atoms with Crippen LogP contribution in [-0.4, -0.2) is 42.2 Å². The maximum absolute atomic E-state index is 11.3. The Balaban J connectivity index is 1.73. The molecule has 1 saturated heterocycles. The molecule has 0 saturated carbocycles. The number of hydrogen-bond acceptors (Lipinski definition) is 4. The summed E-state index contributed by atoms with van der Waals surface area (Å²) in [6, 6.07) is 11.2. The van der Waals surface area contributed by atoms with Crippen molar-refractivity contribution in [3.63, 3.8) is 0 Å². The first-order valence-electron chi connectivity index (χ1n) is 6.98. The fourth-order valence-corrected chi connectivity index (χ4v) is 2.69. The van der Waals surface area contributed by atoms with Crippen molar-refractivity contribution in [3.8, 4) is 0 Å². The zero-order chi connectivity index (χ0) is 14.7. The summed E-state index contributed by atoms with van der Waals surface area (Å²) in [5.74, 6) is -0.873. The Morgan fingerprint density at radius 2 is 1.57 bits per heavy atom. The van der Waals surface area contributed by atoms with Crippen LogP contribution in [-0.2, 0) is 0 Å². The molecule has 1 N–H and O–H groups in total. The number of carboxylic acids is 1. The Morgan fingerprint density at radius 1 is 0.952 bits per heavy atom. The summed E-state index contributed by atoms with van der Waals surface area (Å²) in [7, 11) is 0. The predicted octanol–water partition coefficient (Wildman–Crippen LogP) is 2.11. The average molecular weight is 283 g/mol. The number of para-hydroxylation sites is 1. The molecule has 1 aromatic heterocycles. The van der Waals surface area contributed by atoms with Crippen LogP contribution in [0.5, 0.6) is 0 Å². The van der Waals surface area contributed by atoms with E-state index in [2.05, 4.69) is 14.8 Å². The number of piperazine rings is 1. The van der Waals surface area contributed by atoms with E-state index in [1.54, 1.807) is 24.5 Å². The Hall–Kier alpha value is -2.56. The molecule has 5 heteroatoms. The van der Waals surface area contributed by atoms with Crippen molar-refractivity contribution in [2.45, 2.75) is 0 Å². The second-order valence-corrected chi connectivity index (χ2v) is 5.00. The molecule has 1 aromatic carbocycles. The van der Waals surface area contributed by atoms with Crippen molar-refractivity contribution in [1.82, 2.24) is 4.98 Å². The van der Waals surface area contributed by atoms with Gasteiger partial charge < -0.3 is 14.9 Å². The van der Waals surface area contributed by atoms with Crippen LogP contribution in [0.3, 0.4) is 0 Å². The molecule has 2 heterocycles. The van der Waals surface area contributed by atoms with Gasteiger partial charge in [0.15, 0.2) is 0 Å². The van der Waals surface area contributed by atoms with Crippen LogP contribution in [0.1, 0.15) is 10.4 Å². The van der Waals surface area contributed by atoms with Gasteiger partial charge in [-0.15, -0.1) is 0 Å². The normalized spacial score (nSPS) is 15.0. The Morgan fingerprint density at radius 3 is 2.24 bits per heavy atom. The summed E-state index contributed by atoms with van der Waals surface area (Å²) in [5.41, 5.74) is 2.34. The highest BCUT2D eigenvalue weighted by molar-refractivity contribution is 5.94. The maximum atomic E-state index is 11.3. The standard InChI is InChI=1S/C16H17N3O2/c20-16(21)14-3-1-2-4-15(14)19-11-9-18(10-12-19)13-5-7-17-8-6-13/h1-8H,9-12H2,(H,20,21). The lowest BCUT2D eigenvalue weighted by Crippen LogP contribution is -2.47. The summed E-state index contributed by atoms with van der Waals surface area (Å²) in [5, 5.41) is 9.28. The molecule has 1 aliphatic rings. The zero-order valence-electron chi connectivity index (χ0n) is 11.6. The van der Waals surface area contributed by atoms with Crippen molar-refractivity contribution in [3.05, 3.63) is 54.4 Å². The van der Waals surface area contributed by atoms with Gasteiger partial charge >= 0.3 is 5.97 Å². The molecule has 0 atom stereocenters. The lowest BCUT2D eigenvalue weighted by Gasteiger charge is -2.37. The van der Waals surface area contributed by atoms with Gasteiger partial charge in [0.25, 0.3) is 0 Å². The molecule has 5 nitrogen and oxygen atoms in total. The number of benzene rings is 1. The van der Waals surface area contributed by atoms with Crippen molar-refractivity contribution in [2.75, 3.05) is 36.0 Å². The Labute approximate surface area is 123 Å². The molecule has 0 aliphatic carbocycles. The number of rotatable bonds is 3. The van der Waals surface area contributed by atoms with Crippen LogP contribution in [0.2, 0.25) is 0 Å². The molecule has 0 bridgehead atoms. The highest BCUT2D eigenvalue weighted by atomic mass is 16.4. The largest absolute Gasteiger partial charge is 0.478 e. The monoisotopic (exact) mass is 283 g/mol. The third kappa shape index (κ3) is 2.81. The fourth-order valence-electron chi connectivity index (χ4n) is 2.69. The molecule has 0 unspecified atom stereocenters. The van der Waals surface area contributed by atoms with Gasteiger partial charge in [0.05, 0.1) is 11.3 Å². The van der Waals surface area contributed by atoms with Crippen molar-refractivity contribution in [2.24, 2.45) is 0 Å². The summed E-state index contributed by atoms with van der Waals surface area (Å²) in [6.45, 7) is 3.37. The third-order valence-electron chi connectivity index (χ3n) is 3.78. The minimum Gasteiger partial charge on any atom is -0.478 e. The van der Waals surface area contributed by atoms with Gasteiger partial charge in [0.1, 0.15) is 0 Å². The lowest BCUT2D eigenvalue weighted by atomic mass is 10.1. The lowest BCUT2D eigenvalue weighted by molar-refractivity contribution is 0.0697. The quantitative estimate of drug-likeness (QED) is 0.935. The van der Waals surface area contributed by atoms with E-state index in [4.69, 9.17) is 0 Å². The van der Waals surface area contributed by atoms with Gasteiger partial charge in [-0.25, -0.2) is 4.79 Å². The first-order chi connectivity index (χ1) is 10.3. The molecule has 108 valence electrons. The van der Waals surface area contributed by atoms with Gasteiger partial charge in [0, 0.05) is 44.3 Å². The highest BCUT2D eigenvalue weighted by Gasteiger charge is 2.21. The van der Waals surface area contributed by atoms with Crippen LogP contribution in [0.15, 0.2) is 48.8 Å². The number of aromatic nitrogens is 1. The predicted molar refractivity (Wildman–Crippen MR) is 82.1 cm³/mol. The van der Waals surface area contributed by atoms with Gasteiger partial charge in [0.2, 0.25) is 0 Å². The van der Waals surface area contributed by atoms with E-state index in [1.165, 1.54) is 0 Å². The van der Waals surface area contributed by atoms with E-state index in [1.807, 2.05) is 24.3 Å². The molecule has 0 radical (unpaired) electrons. The number of hydrogen-bond donors (Lipinski definition) is 1. The van der Waals surface area contributed by atoms with Crippen LogP contribution in [0.25, 0.3) is 0 Å². The molecular weight excluding hydrogens is 266 g/mol. The molecule has 21 heavy (non-hydrogen) atoms. The molecule has 1 fully saturated rings. The van der Waals surface area contributed by atoms with E-state index in [9.17, 15) is 9.90 Å². The second kappa shape index (κ2) is 5.83. The summed E-state index contributed by atoms with van der Waals surface area (Å²) >= 11 is 0. The molecule has 0 spiro atoms. The van der Waals surface area contributed by atoms with E-state index in [-0.39, 0.29) is 0 Å². The molecule has 0 amide bonds. The smallest absolute Gasteiger partial charge is 0.337 e. The maximum Gasteiger partial charge on any atom is 0.337 e. The van der Waals surface area contributed by atoms with Crippen molar-refractivity contribution < 1.29 is 9.90 Å². The number of nitrogens with zero attached hydrogens (tertiary/aromatic N) is 3. The highest BCUT2D eigenvalue weighted by Crippen LogP contribution is 2.23. The number of anilines is 2. The number of aromatic carboxylic acids is 1. The van der Waals surface area contributed by atoms with Crippen molar-refractivity contribution in [1.29, 1.82) is 0 Å². The second-order valence-electron chi connectivity index (χ2n) is 5.00. The summed E-state index contributed by atoms with van der Waals surface area (Å²) < 4.78 is 0. The molecule has 1 aliphatic heterocycles. The van der Waals surface area contributed by atoms with Gasteiger partial charge in [-0.1, -0.05) is 12.1 Å². The number of pyridine rings is 1. The SMILES string of the molecule is O=C(O)c1ccccc1N1CCN(c2ccncc2)CC1. The van der Waals surface area contributed by atoms with Gasteiger partial charge in [-0.2, -0.15) is 0 Å². The Kier molecular flexibility index (Phi) is 3.73. The van der Waals surface area contributed by atoms with Crippen molar-refractivity contribution >= 4 is 17.3 Å². The Bertz CT molecular complexity index is 622. The fraction of sp³-hybridized carbons (Fsp3) is 0.250.